The van der Waals surface area contributed by atoms with Crippen LogP contribution in [0.5, 0.6) is 0 Å². The van der Waals surface area contributed by atoms with Crippen molar-refractivity contribution in [3.63, 3.8) is 0 Å². The predicted octanol–water partition coefficient (Wildman–Crippen LogP) is 3.30. The zero-order valence-electron chi connectivity index (χ0n) is 19.6. The van der Waals surface area contributed by atoms with Crippen LogP contribution in [0.15, 0.2) is 78.9 Å². The second-order valence-corrected chi connectivity index (χ2v) is 8.81. The fraction of sp³-hybridized carbons (Fsp3) is 0.250. The van der Waals surface area contributed by atoms with Crippen molar-refractivity contribution in [1.29, 1.82) is 0 Å². The smallest absolute Gasteiger partial charge is 0.251 e. The van der Waals surface area contributed by atoms with Gasteiger partial charge in [0.1, 0.15) is 5.82 Å². The second-order valence-electron chi connectivity index (χ2n) is 8.81. The third kappa shape index (κ3) is 5.41. The van der Waals surface area contributed by atoms with Gasteiger partial charge < -0.3 is 15.2 Å². The van der Waals surface area contributed by atoms with Gasteiger partial charge in [0.05, 0.1) is 17.6 Å². The lowest BCUT2D eigenvalue weighted by atomic mass is 10.1. The molecule has 0 saturated carbocycles. The van der Waals surface area contributed by atoms with Gasteiger partial charge in [-0.15, -0.1) is 0 Å². The van der Waals surface area contributed by atoms with E-state index in [0.29, 0.717) is 31.7 Å². The molecule has 1 fully saturated rings. The van der Waals surface area contributed by atoms with Gasteiger partial charge in [-0.05, 0) is 36.2 Å². The zero-order chi connectivity index (χ0) is 24.0. The van der Waals surface area contributed by atoms with Gasteiger partial charge in [0.2, 0.25) is 5.91 Å². The van der Waals surface area contributed by atoms with E-state index in [9.17, 15) is 9.59 Å². The number of fused-ring (bicyclic) bond motifs is 1. The molecule has 0 bridgehead atoms. The summed E-state index contributed by atoms with van der Waals surface area (Å²) in [7, 11) is 0. The number of benzene rings is 3. The number of imidazole rings is 1. The van der Waals surface area contributed by atoms with Crippen LogP contribution in [-0.4, -0.2) is 59.0 Å². The molecule has 0 aliphatic carbocycles. The van der Waals surface area contributed by atoms with E-state index in [1.54, 1.807) is 0 Å². The van der Waals surface area contributed by atoms with Crippen molar-refractivity contribution in [2.45, 2.75) is 13.0 Å². The summed E-state index contributed by atoms with van der Waals surface area (Å²) >= 11 is 0. The van der Waals surface area contributed by atoms with Crippen LogP contribution in [0.3, 0.4) is 0 Å². The molecule has 1 aromatic heterocycles. The van der Waals surface area contributed by atoms with Crippen LogP contribution in [0, 0.1) is 0 Å². The first-order valence-corrected chi connectivity index (χ1v) is 12.0. The summed E-state index contributed by atoms with van der Waals surface area (Å²) in [5.74, 6) is 0.803. The molecule has 0 atom stereocenters. The van der Waals surface area contributed by atoms with E-state index in [2.05, 4.69) is 38.3 Å². The number of rotatable bonds is 8. The molecule has 35 heavy (non-hydrogen) atoms. The lowest BCUT2D eigenvalue weighted by Gasteiger charge is -2.26. The molecular formula is C28H29N5O2. The number of nitrogens with one attached hydrogen (secondary N) is 2. The molecule has 7 heteroatoms. The maximum absolute atomic E-state index is 12.9. The molecular weight excluding hydrogens is 438 g/mol. The first kappa shape index (κ1) is 22.8. The van der Waals surface area contributed by atoms with Crippen LogP contribution in [0.1, 0.15) is 22.3 Å². The number of carbonyl (C=O) groups is 2. The predicted molar refractivity (Wildman–Crippen MR) is 137 cm³/mol. The number of hydrogen-bond acceptors (Lipinski definition) is 4. The van der Waals surface area contributed by atoms with Crippen molar-refractivity contribution in [2.24, 2.45) is 0 Å². The van der Waals surface area contributed by atoms with Gasteiger partial charge in [0.25, 0.3) is 5.91 Å². The van der Waals surface area contributed by atoms with Crippen LogP contribution in [-0.2, 0) is 11.3 Å². The van der Waals surface area contributed by atoms with Crippen molar-refractivity contribution < 1.29 is 9.59 Å². The Morgan fingerprint density at radius 3 is 2.69 bits per heavy atom. The Morgan fingerprint density at radius 2 is 1.83 bits per heavy atom. The standard InChI is InChI=1S/C28H29N5O2/c34-26-20-32(17-15-29-26)16-7-14-30-28(35)23-11-6-10-22(18-23)27-31-24-12-4-5-13-25(24)33(27)19-21-8-2-1-3-9-21/h1-6,8-13,18H,7,14-17,19-20H2,(H,29,34)(H,30,35). The van der Waals surface area contributed by atoms with Gasteiger partial charge in [-0.1, -0.05) is 54.6 Å². The molecule has 0 radical (unpaired) electrons. The number of hydrogen-bond donors (Lipinski definition) is 2. The highest BCUT2D eigenvalue weighted by Gasteiger charge is 2.16. The summed E-state index contributed by atoms with van der Waals surface area (Å²) in [5.41, 5.74) is 4.70. The zero-order valence-corrected chi connectivity index (χ0v) is 19.6. The van der Waals surface area contributed by atoms with Crippen molar-refractivity contribution in [3.8, 4) is 11.4 Å². The number of aromatic nitrogens is 2. The molecule has 1 aliphatic rings. The Labute approximate surface area is 204 Å². The van der Waals surface area contributed by atoms with Gasteiger partial charge in [-0.2, -0.15) is 0 Å². The summed E-state index contributed by atoms with van der Waals surface area (Å²) < 4.78 is 2.20. The highest BCUT2D eigenvalue weighted by molar-refractivity contribution is 5.95. The lowest BCUT2D eigenvalue weighted by Crippen LogP contribution is -2.48. The molecule has 1 aliphatic heterocycles. The summed E-state index contributed by atoms with van der Waals surface area (Å²) in [6.07, 6.45) is 0.797. The molecule has 2 N–H and O–H groups in total. The van der Waals surface area contributed by atoms with Crippen LogP contribution in [0.2, 0.25) is 0 Å². The maximum atomic E-state index is 12.9. The Balaban J connectivity index is 1.31. The van der Waals surface area contributed by atoms with E-state index in [4.69, 9.17) is 4.98 Å². The summed E-state index contributed by atoms with van der Waals surface area (Å²) in [4.78, 5) is 31.4. The quantitative estimate of drug-likeness (QED) is 0.390. The number of carbonyl (C=O) groups excluding carboxylic acids is 2. The largest absolute Gasteiger partial charge is 0.354 e. The minimum absolute atomic E-state index is 0.0652. The van der Waals surface area contributed by atoms with E-state index in [-0.39, 0.29) is 11.8 Å². The molecule has 2 amide bonds. The van der Waals surface area contributed by atoms with E-state index in [0.717, 1.165) is 41.9 Å². The van der Waals surface area contributed by atoms with Gasteiger partial charge in [-0.3, -0.25) is 14.5 Å². The fourth-order valence-corrected chi connectivity index (χ4v) is 4.51. The van der Waals surface area contributed by atoms with Gasteiger partial charge in [-0.25, -0.2) is 4.98 Å². The first-order chi connectivity index (χ1) is 17.2. The van der Waals surface area contributed by atoms with E-state index >= 15 is 0 Å². The van der Waals surface area contributed by atoms with E-state index in [1.165, 1.54) is 5.56 Å². The average molecular weight is 468 g/mol. The summed E-state index contributed by atoms with van der Waals surface area (Å²) in [6, 6.07) is 26.1. The number of amides is 2. The van der Waals surface area contributed by atoms with E-state index < -0.39 is 0 Å². The second kappa shape index (κ2) is 10.5. The Morgan fingerprint density at radius 1 is 1.00 bits per heavy atom. The van der Waals surface area contributed by atoms with Crippen molar-refractivity contribution in [1.82, 2.24) is 25.1 Å². The van der Waals surface area contributed by atoms with Crippen LogP contribution in [0.25, 0.3) is 22.4 Å². The van der Waals surface area contributed by atoms with Crippen LogP contribution in [0.4, 0.5) is 0 Å². The molecule has 0 spiro atoms. The molecule has 0 unspecified atom stereocenters. The van der Waals surface area contributed by atoms with Gasteiger partial charge >= 0.3 is 0 Å². The van der Waals surface area contributed by atoms with Crippen molar-refractivity contribution in [2.75, 3.05) is 32.7 Å². The fourth-order valence-electron chi connectivity index (χ4n) is 4.51. The highest BCUT2D eigenvalue weighted by atomic mass is 16.2. The van der Waals surface area contributed by atoms with Gasteiger partial charge in [0.15, 0.2) is 0 Å². The Hall–Kier alpha value is -3.97. The molecule has 1 saturated heterocycles. The third-order valence-corrected chi connectivity index (χ3v) is 6.28. The van der Waals surface area contributed by atoms with Crippen molar-refractivity contribution >= 4 is 22.8 Å². The number of piperazine rings is 1. The van der Waals surface area contributed by atoms with Crippen LogP contribution >= 0.6 is 0 Å². The molecule has 4 aromatic rings. The molecule has 5 rings (SSSR count). The minimum atomic E-state index is -0.103. The molecule has 178 valence electrons. The molecule has 7 nitrogen and oxygen atoms in total. The number of para-hydroxylation sites is 2. The van der Waals surface area contributed by atoms with Gasteiger partial charge in [0, 0.05) is 43.9 Å². The maximum Gasteiger partial charge on any atom is 0.251 e. The van der Waals surface area contributed by atoms with Crippen LogP contribution < -0.4 is 10.6 Å². The minimum Gasteiger partial charge on any atom is -0.354 e. The van der Waals surface area contributed by atoms with Crippen molar-refractivity contribution in [3.05, 3.63) is 90.0 Å². The van der Waals surface area contributed by atoms with E-state index in [1.807, 2.05) is 60.7 Å². The number of nitrogens with zero attached hydrogens (tertiary/aromatic N) is 3. The average Bonchev–Trinajstić information content (AvgIpc) is 3.25. The Bertz CT molecular complexity index is 1330. The highest BCUT2D eigenvalue weighted by Crippen LogP contribution is 2.26. The SMILES string of the molecule is O=C1CN(CCCNC(=O)c2cccc(-c3nc4ccccc4n3Cc3ccccc3)c2)CCN1. The monoisotopic (exact) mass is 467 g/mol. The topological polar surface area (TPSA) is 79.3 Å². The summed E-state index contributed by atoms with van der Waals surface area (Å²) in [5, 5.41) is 5.85. The lowest BCUT2D eigenvalue weighted by molar-refractivity contribution is -0.124. The molecule has 2 heterocycles. The third-order valence-electron chi connectivity index (χ3n) is 6.28. The molecule has 3 aromatic carbocycles. The first-order valence-electron chi connectivity index (χ1n) is 12.0. The summed E-state index contributed by atoms with van der Waals surface area (Å²) in [6.45, 7) is 4.02. The normalized spacial score (nSPS) is 14.1. The Kier molecular flexibility index (Phi) is 6.86.